The van der Waals surface area contributed by atoms with E-state index in [0.717, 1.165) is 11.1 Å². The summed E-state index contributed by atoms with van der Waals surface area (Å²) in [4.78, 5) is 0. The van der Waals surface area contributed by atoms with Gasteiger partial charge >= 0.3 is 0 Å². The number of rotatable bonds is 8. The van der Waals surface area contributed by atoms with E-state index in [1.807, 2.05) is 30.3 Å². The number of hydrogen-bond donors (Lipinski definition) is 0. The third-order valence-electron chi connectivity index (χ3n) is 4.63. The average molecular weight is 434 g/mol. The van der Waals surface area contributed by atoms with Crippen LogP contribution in [0.3, 0.4) is 0 Å². The van der Waals surface area contributed by atoms with Gasteiger partial charge in [0.15, 0.2) is 11.5 Å². The summed E-state index contributed by atoms with van der Waals surface area (Å²) in [5, 5.41) is 10.2. The zero-order valence-corrected chi connectivity index (χ0v) is 17.8. The lowest BCUT2D eigenvalue weighted by Crippen LogP contribution is -2.02. The minimum atomic E-state index is -0.448. The van der Waals surface area contributed by atoms with Crippen molar-refractivity contribution in [1.29, 1.82) is 5.26 Å². The fourth-order valence-electron chi connectivity index (χ4n) is 3.14. The van der Waals surface area contributed by atoms with E-state index < -0.39 is 5.82 Å². The van der Waals surface area contributed by atoms with E-state index >= 15 is 0 Å². The van der Waals surface area contributed by atoms with Gasteiger partial charge in [-0.3, -0.25) is 0 Å². The molecular weight excluding hydrogens is 413 g/mol. The van der Waals surface area contributed by atoms with Crippen molar-refractivity contribution in [2.75, 3.05) is 7.11 Å². The van der Waals surface area contributed by atoms with E-state index in [0.29, 0.717) is 35.1 Å². The van der Waals surface area contributed by atoms with Crippen molar-refractivity contribution in [2.24, 2.45) is 0 Å². The topological polar surface area (TPSA) is 42.2 Å². The van der Waals surface area contributed by atoms with E-state index in [9.17, 15) is 9.65 Å². The van der Waals surface area contributed by atoms with Gasteiger partial charge in [-0.15, -0.1) is 6.58 Å². The number of nitriles is 1. The molecule has 0 aliphatic carbocycles. The molecule has 3 rings (SSSR count). The highest BCUT2D eigenvalue weighted by molar-refractivity contribution is 6.30. The molecule has 3 aromatic rings. The number of halogens is 2. The van der Waals surface area contributed by atoms with Crippen molar-refractivity contribution >= 4 is 23.3 Å². The highest BCUT2D eigenvalue weighted by Gasteiger charge is 2.14. The number of hydrogen-bond acceptors (Lipinski definition) is 3. The summed E-state index contributed by atoms with van der Waals surface area (Å²) < 4.78 is 25.8. The Balaban J connectivity index is 1.99. The van der Waals surface area contributed by atoms with Crippen LogP contribution >= 0.6 is 11.6 Å². The van der Waals surface area contributed by atoms with E-state index in [-0.39, 0.29) is 11.1 Å². The molecule has 156 valence electrons. The summed E-state index contributed by atoms with van der Waals surface area (Å²) in [7, 11) is 1.55. The Kier molecular flexibility index (Phi) is 7.48. The van der Waals surface area contributed by atoms with Crippen molar-refractivity contribution in [3.8, 4) is 17.6 Å². The van der Waals surface area contributed by atoms with E-state index in [1.54, 1.807) is 43.5 Å². The van der Waals surface area contributed by atoms with Gasteiger partial charge in [0, 0.05) is 16.1 Å². The van der Waals surface area contributed by atoms with Crippen molar-refractivity contribution < 1.29 is 13.9 Å². The van der Waals surface area contributed by atoms with Crippen molar-refractivity contribution in [3.05, 3.63) is 106 Å². The molecule has 5 heteroatoms. The Hall–Kier alpha value is -3.55. The summed E-state index contributed by atoms with van der Waals surface area (Å²) in [6.45, 7) is 4.16. The van der Waals surface area contributed by atoms with Crippen molar-refractivity contribution in [3.63, 3.8) is 0 Å². The molecule has 0 amide bonds. The third kappa shape index (κ3) is 5.53. The van der Waals surface area contributed by atoms with E-state index in [2.05, 4.69) is 12.6 Å². The fraction of sp³-hybridized carbons (Fsp3) is 0.115. The van der Waals surface area contributed by atoms with Crippen LogP contribution in [0.4, 0.5) is 4.39 Å². The predicted octanol–water partition coefficient (Wildman–Crippen LogP) is 6.86. The zero-order valence-electron chi connectivity index (χ0n) is 17.1. The summed E-state index contributed by atoms with van der Waals surface area (Å²) in [5.41, 5.74) is 2.98. The van der Waals surface area contributed by atoms with Crippen molar-refractivity contribution in [2.45, 2.75) is 13.0 Å². The van der Waals surface area contributed by atoms with Gasteiger partial charge in [-0.1, -0.05) is 48.0 Å². The van der Waals surface area contributed by atoms with E-state index in [1.165, 1.54) is 6.07 Å². The van der Waals surface area contributed by atoms with Gasteiger partial charge in [0.2, 0.25) is 0 Å². The van der Waals surface area contributed by atoms with Gasteiger partial charge < -0.3 is 9.47 Å². The SMILES string of the molecule is C=CCc1cc(/C=C(/C#N)c2ccccc2F)cc(OC)c1OCc1ccc(Cl)cc1. The second-order valence-electron chi connectivity index (χ2n) is 6.77. The van der Waals surface area contributed by atoms with Crippen LogP contribution in [0, 0.1) is 17.1 Å². The molecule has 0 saturated carbocycles. The van der Waals surface area contributed by atoms with Crippen LogP contribution in [0.2, 0.25) is 5.02 Å². The Bertz CT molecular complexity index is 1150. The predicted molar refractivity (Wildman–Crippen MR) is 123 cm³/mol. The first-order valence-electron chi connectivity index (χ1n) is 9.61. The molecule has 3 nitrogen and oxygen atoms in total. The second-order valence-corrected chi connectivity index (χ2v) is 7.21. The maximum absolute atomic E-state index is 14.2. The molecule has 0 spiro atoms. The number of ether oxygens (including phenoxy) is 2. The fourth-order valence-corrected chi connectivity index (χ4v) is 3.27. The van der Waals surface area contributed by atoms with Crippen molar-refractivity contribution in [1.82, 2.24) is 0 Å². The maximum atomic E-state index is 14.2. The van der Waals surface area contributed by atoms with Gasteiger partial charge in [-0.05, 0) is 54.0 Å². The van der Waals surface area contributed by atoms with Gasteiger partial charge in [-0.25, -0.2) is 4.39 Å². The largest absolute Gasteiger partial charge is 0.493 e. The summed E-state index contributed by atoms with van der Waals surface area (Å²) >= 11 is 5.94. The quantitative estimate of drug-likeness (QED) is 0.221. The molecule has 0 unspecified atom stereocenters. The molecule has 0 aromatic heterocycles. The lowest BCUT2D eigenvalue weighted by atomic mass is 10.0. The minimum Gasteiger partial charge on any atom is -0.493 e. The number of benzene rings is 3. The van der Waals surface area contributed by atoms with Crippen LogP contribution in [0.15, 0.2) is 73.3 Å². The van der Waals surface area contributed by atoms with Crippen LogP contribution in [0.5, 0.6) is 11.5 Å². The van der Waals surface area contributed by atoms with Gasteiger partial charge in [0.25, 0.3) is 0 Å². The summed E-state index contributed by atoms with van der Waals surface area (Å²) in [6, 6.07) is 19.3. The zero-order chi connectivity index (χ0) is 22.2. The van der Waals surface area contributed by atoms with E-state index in [4.69, 9.17) is 21.1 Å². The third-order valence-corrected chi connectivity index (χ3v) is 4.88. The molecule has 0 saturated heterocycles. The molecule has 31 heavy (non-hydrogen) atoms. The highest BCUT2D eigenvalue weighted by atomic mass is 35.5. The molecule has 0 heterocycles. The van der Waals surface area contributed by atoms with Gasteiger partial charge in [-0.2, -0.15) is 5.26 Å². The molecule has 0 aliphatic rings. The van der Waals surface area contributed by atoms with Crippen LogP contribution in [0.25, 0.3) is 11.6 Å². The molecule has 0 atom stereocenters. The smallest absolute Gasteiger partial charge is 0.165 e. The summed E-state index contributed by atoms with van der Waals surface area (Å²) in [5.74, 6) is 0.667. The monoisotopic (exact) mass is 433 g/mol. The Morgan fingerprint density at radius 2 is 1.90 bits per heavy atom. The van der Waals surface area contributed by atoms with Crippen LogP contribution in [-0.2, 0) is 13.0 Å². The molecule has 3 aromatic carbocycles. The molecule has 0 fully saturated rings. The lowest BCUT2D eigenvalue weighted by molar-refractivity contribution is 0.282. The normalized spacial score (nSPS) is 11.0. The first-order valence-corrected chi connectivity index (χ1v) is 9.99. The van der Waals surface area contributed by atoms with Crippen LogP contribution in [0.1, 0.15) is 22.3 Å². The molecule has 0 aliphatic heterocycles. The number of nitrogens with zero attached hydrogens (tertiary/aromatic N) is 1. The lowest BCUT2D eigenvalue weighted by Gasteiger charge is -2.16. The first-order chi connectivity index (χ1) is 15.0. The summed E-state index contributed by atoms with van der Waals surface area (Å²) in [6.07, 6.45) is 3.94. The second kappa shape index (κ2) is 10.5. The first kappa shape index (κ1) is 22.1. The molecule has 0 bridgehead atoms. The minimum absolute atomic E-state index is 0.222. The number of allylic oxidation sites excluding steroid dienone is 2. The molecular formula is C26H21ClFNO2. The highest BCUT2D eigenvalue weighted by Crippen LogP contribution is 2.35. The Morgan fingerprint density at radius 3 is 2.55 bits per heavy atom. The van der Waals surface area contributed by atoms with Crippen LogP contribution < -0.4 is 9.47 Å². The average Bonchev–Trinajstić information content (AvgIpc) is 2.78. The Labute approximate surface area is 186 Å². The van der Waals surface area contributed by atoms with Gasteiger partial charge in [0.1, 0.15) is 12.4 Å². The van der Waals surface area contributed by atoms with Gasteiger partial charge in [0.05, 0.1) is 18.8 Å². The number of methoxy groups -OCH3 is 1. The van der Waals surface area contributed by atoms with Crippen LogP contribution in [-0.4, -0.2) is 7.11 Å². The molecule has 0 radical (unpaired) electrons. The standard InChI is InChI=1S/C26H21ClFNO2/c1-3-6-20-13-19(14-21(16-29)23-7-4-5-8-24(23)28)15-25(30-2)26(20)31-17-18-9-11-22(27)12-10-18/h3-5,7-15H,1,6,17H2,2H3/b21-14-. The molecule has 0 N–H and O–H groups in total. The Morgan fingerprint density at radius 1 is 1.16 bits per heavy atom. The maximum Gasteiger partial charge on any atom is 0.165 e.